The van der Waals surface area contributed by atoms with Crippen LogP contribution in [0, 0.1) is 16.0 Å². The van der Waals surface area contributed by atoms with E-state index in [1.54, 1.807) is 0 Å². The van der Waals surface area contributed by atoms with Crippen molar-refractivity contribution in [3.8, 4) is 0 Å². The number of nitro benzene ring substituents is 1. The average molecular weight is 315 g/mol. The van der Waals surface area contributed by atoms with Gasteiger partial charge >= 0.3 is 103 Å². The Hall–Kier alpha value is 0.833. The first kappa shape index (κ1) is 22.1. The summed E-state index contributed by atoms with van der Waals surface area (Å²) in [5.74, 6) is -5.26. The molecule has 0 heterocycles. The Morgan fingerprint density at radius 2 is 1.47 bits per heavy atom. The first-order valence-electron chi connectivity index (χ1n) is 4.57. The van der Waals surface area contributed by atoms with E-state index < -0.39 is 22.8 Å². The van der Waals surface area contributed by atoms with Crippen LogP contribution in [0.15, 0.2) is 24.3 Å². The largest absolute Gasteiger partial charge is 1.00 e. The normalized spacial score (nSPS) is 9.11. The fourth-order valence-corrected chi connectivity index (χ4v) is 1.25. The van der Waals surface area contributed by atoms with Gasteiger partial charge in [-0.1, -0.05) is 12.1 Å². The van der Waals surface area contributed by atoms with Gasteiger partial charge in [0, 0.05) is 18.1 Å². The number of rotatable bonds is 5. The van der Waals surface area contributed by atoms with Gasteiger partial charge in [0.15, 0.2) is 0 Å². The molecule has 0 spiro atoms. The maximum absolute atomic E-state index is 10.5. The van der Waals surface area contributed by atoms with Crippen molar-refractivity contribution in [2.45, 2.75) is 6.42 Å². The predicted molar refractivity (Wildman–Crippen MR) is 50.3 cm³/mol. The topological polar surface area (TPSA) is 123 Å². The summed E-state index contributed by atoms with van der Waals surface area (Å²) in [6.45, 7) is 0. The van der Waals surface area contributed by atoms with Crippen LogP contribution < -0.4 is 113 Å². The first-order chi connectivity index (χ1) is 7.91. The second kappa shape index (κ2) is 10.5. The molecule has 0 unspecified atom stereocenters. The van der Waals surface area contributed by atoms with E-state index in [-0.39, 0.29) is 115 Å². The molecule has 0 saturated heterocycles. The molecule has 0 aromatic heterocycles. The molecular weight excluding hydrogens is 308 g/mol. The second-order valence-electron chi connectivity index (χ2n) is 3.32. The summed E-state index contributed by atoms with van der Waals surface area (Å²) >= 11 is 0. The molecule has 9 heteroatoms. The minimum atomic E-state index is -1.77. The third-order valence-electron chi connectivity index (χ3n) is 2.16. The number of carbonyl (C=O) groups is 2. The molecule has 0 aliphatic rings. The second-order valence-corrected chi connectivity index (χ2v) is 3.32. The summed E-state index contributed by atoms with van der Waals surface area (Å²) in [7, 11) is 0. The van der Waals surface area contributed by atoms with Gasteiger partial charge in [-0.2, -0.15) is 0 Å². The van der Waals surface area contributed by atoms with Crippen molar-refractivity contribution in [2.24, 2.45) is 5.92 Å². The zero-order chi connectivity index (χ0) is 13.0. The van der Waals surface area contributed by atoms with Gasteiger partial charge in [-0.25, -0.2) is 0 Å². The number of benzene rings is 1. The van der Waals surface area contributed by atoms with E-state index in [9.17, 15) is 29.9 Å². The average Bonchev–Trinajstić information content (AvgIpc) is 2.25. The molecule has 0 bridgehead atoms. The fraction of sp³-hybridized carbons (Fsp3) is 0.200. The van der Waals surface area contributed by atoms with E-state index in [2.05, 4.69) is 0 Å². The Kier molecular flexibility index (Phi) is 12.3. The van der Waals surface area contributed by atoms with Crippen LogP contribution >= 0.6 is 0 Å². The molecule has 1 rings (SSSR count). The zero-order valence-electron chi connectivity index (χ0n) is 10.5. The Labute approximate surface area is 193 Å². The van der Waals surface area contributed by atoms with Gasteiger partial charge in [0.25, 0.3) is 5.69 Å². The Morgan fingerprint density at radius 1 is 1.05 bits per heavy atom. The molecule has 0 N–H and O–H groups in total. The van der Waals surface area contributed by atoms with Crippen LogP contribution in [0.3, 0.4) is 0 Å². The molecule has 0 fully saturated rings. The summed E-state index contributed by atoms with van der Waals surface area (Å²) in [6.07, 6.45) is -0.331. The molecule has 1 aromatic rings. The number of hydrogen-bond acceptors (Lipinski definition) is 6. The number of carbonyl (C=O) groups excluding carboxylic acids is 2. The van der Waals surface area contributed by atoms with Gasteiger partial charge in [0.1, 0.15) is 0 Å². The van der Waals surface area contributed by atoms with Gasteiger partial charge in [-0.15, -0.1) is 0 Å². The molecule has 0 aliphatic carbocycles. The number of nitrogens with zero attached hydrogens (tertiary/aromatic N) is 1. The molecule has 0 radical (unpaired) electrons. The summed E-state index contributed by atoms with van der Waals surface area (Å²) in [5.41, 5.74) is 0.182. The molecule has 0 amide bonds. The minimum Gasteiger partial charge on any atom is -0.549 e. The van der Waals surface area contributed by atoms with E-state index in [1.807, 2.05) is 0 Å². The van der Waals surface area contributed by atoms with E-state index in [1.165, 1.54) is 12.1 Å². The summed E-state index contributed by atoms with van der Waals surface area (Å²) < 4.78 is 0. The minimum absolute atomic E-state index is 0. The van der Waals surface area contributed by atoms with E-state index in [0.29, 0.717) is 5.56 Å². The number of aliphatic carboxylic acids is 2. The van der Waals surface area contributed by atoms with Gasteiger partial charge in [-0.05, 0) is 12.0 Å². The Balaban J connectivity index is 0. The third kappa shape index (κ3) is 7.41. The Bertz CT molecular complexity index is 448. The zero-order valence-corrected chi connectivity index (χ0v) is 16.7. The van der Waals surface area contributed by atoms with Crippen molar-refractivity contribution in [3.05, 3.63) is 39.9 Å². The van der Waals surface area contributed by atoms with Crippen molar-refractivity contribution < 1.29 is 127 Å². The van der Waals surface area contributed by atoms with Crippen molar-refractivity contribution in [2.75, 3.05) is 0 Å². The molecule has 19 heavy (non-hydrogen) atoms. The van der Waals surface area contributed by atoms with Crippen LogP contribution in [0.1, 0.15) is 5.56 Å². The maximum Gasteiger partial charge on any atom is 1.00 e. The molecule has 0 atom stereocenters. The number of non-ortho nitro benzene ring substituents is 1. The van der Waals surface area contributed by atoms with E-state index in [4.69, 9.17) is 0 Å². The SMILES string of the molecule is O=C([O-])C(Cc1ccc([N+](=O)[O-])cc1)C(=O)[O-].[K+].[K+]. The summed E-state index contributed by atoms with van der Waals surface area (Å²) in [4.78, 5) is 30.7. The molecular formula is C10H7K2NO6. The number of carboxylic acids is 2. The maximum atomic E-state index is 10.5. The van der Waals surface area contributed by atoms with Crippen LogP contribution in [-0.4, -0.2) is 16.9 Å². The van der Waals surface area contributed by atoms with Crippen molar-refractivity contribution in [1.82, 2.24) is 0 Å². The molecule has 90 valence electrons. The van der Waals surface area contributed by atoms with Crippen LogP contribution in [-0.2, 0) is 16.0 Å². The fourth-order valence-electron chi connectivity index (χ4n) is 1.25. The smallest absolute Gasteiger partial charge is 0.549 e. The van der Waals surface area contributed by atoms with Crippen molar-refractivity contribution >= 4 is 17.6 Å². The molecule has 7 nitrogen and oxygen atoms in total. The molecule has 0 saturated carbocycles. The number of hydrogen-bond donors (Lipinski definition) is 0. The molecule has 1 aromatic carbocycles. The quantitative estimate of drug-likeness (QED) is 0.230. The molecule has 0 aliphatic heterocycles. The Morgan fingerprint density at radius 3 is 1.79 bits per heavy atom. The van der Waals surface area contributed by atoms with Crippen molar-refractivity contribution in [3.63, 3.8) is 0 Å². The van der Waals surface area contributed by atoms with Gasteiger partial charge < -0.3 is 19.8 Å². The number of nitro groups is 1. The van der Waals surface area contributed by atoms with Gasteiger partial charge in [0.2, 0.25) is 0 Å². The van der Waals surface area contributed by atoms with E-state index >= 15 is 0 Å². The van der Waals surface area contributed by atoms with Crippen molar-refractivity contribution in [1.29, 1.82) is 0 Å². The predicted octanol–water partition coefficient (Wildman–Crippen LogP) is -7.74. The summed E-state index contributed by atoms with van der Waals surface area (Å²) in [5, 5.41) is 31.3. The van der Waals surface area contributed by atoms with Gasteiger partial charge in [0.05, 0.1) is 16.9 Å². The van der Waals surface area contributed by atoms with Gasteiger partial charge in [-0.3, -0.25) is 10.1 Å². The van der Waals surface area contributed by atoms with Crippen LogP contribution in [0.4, 0.5) is 5.69 Å². The van der Waals surface area contributed by atoms with Crippen LogP contribution in [0.5, 0.6) is 0 Å². The third-order valence-corrected chi connectivity index (χ3v) is 2.16. The standard InChI is InChI=1S/C10H9NO6.2K/c12-9(13)8(10(14)15)5-6-1-3-7(4-2-6)11(16)17;;/h1-4,8H,5H2,(H,12,13)(H,14,15);;/q;2*+1/p-2. The number of carboxylic acid groups (broad SMARTS) is 2. The van der Waals surface area contributed by atoms with Crippen LogP contribution in [0.2, 0.25) is 0 Å². The summed E-state index contributed by atoms with van der Waals surface area (Å²) in [6, 6.07) is 4.90. The van der Waals surface area contributed by atoms with Crippen LogP contribution in [0.25, 0.3) is 0 Å². The first-order valence-corrected chi connectivity index (χ1v) is 4.57. The van der Waals surface area contributed by atoms with E-state index in [0.717, 1.165) is 12.1 Å². The monoisotopic (exact) mass is 315 g/mol.